The van der Waals surface area contributed by atoms with Gasteiger partial charge in [-0.25, -0.2) is 14.2 Å². The molecule has 0 aliphatic heterocycles. The lowest BCUT2D eigenvalue weighted by Crippen LogP contribution is -2.10. The number of aromatic nitrogens is 3. The number of nitrogen functional groups attached to an aromatic ring is 1. The number of nitrogens with two attached hydrogens (primary N) is 1. The third-order valence-electron chi connectivity index (χ3n) is 1.87. The molecule has 0 saturated heterocycles. The van der Waals surface area contributed by atoms with Gasteiger partial charge in [-0.3, -0.25) is 0 Å². The van der Waals surface area contributed by atoms with Gasteiger partial charge in [0.15, 0.2) is 5.82 Å². The highest BCUT2D eigenvalue weighted by Gasteiger charge is 2.11. The van der Waals surface area contributed by atoms with E-state index >= 15 is 0 Å². The van der Waals surface area contributed by atoms with Crippen LogP contribution in [-0.2, 0) is 0 Å². The van der Waals surface area contributed by atoms with Crippen LogP contribution in [0.2, 0.25) is 5.02 Å². The molecule has 0 amide bonds. The van der Waals surface area contributed by atoms with Gasteiger partial charge in [0.25, 0.3) is 0 Å². The molecule has 1 heterocycles. The monoisotopic (exact) mass is 244 g/mol. The summed E-state index contributed by atoms with van der Waals surface area (Å²) < 4.78 is 14.4. The normalized spacial score (nSPS) is 10.5. The van der Waals surface area contributed by atoms with Gasteiger partial charge in [0.2, 0.25) is 4.77 Å². The largest absolute Gasteiger partial charge is 0.335 e. The van der Waals surface area contributed by atoms with Crippen molar-refractivity contribution in [2.45, 2.75) is 0 Å². The average Bonchev–Trinajstić information content (AvgIpc) is 2.52. The Kier molecular flexibility index (Phi) is 2.45. The number of hydrogen-bond acceptors (Lipinski definition) is 3. The average molecular weight is 245 g/mol. The third kappa shape index (κ3) is 1.73. The third-order valence-corrected chi connectivity index (χ3v) is 2.49. The first-order chi connectivity index (χ1) is 7.09. The molecular weight excluding hydrogens is 239 g/mol. The standard InChI is InChI=1S/C8H6ClFN4S/c9-6-2-1-4(10)3-5(6)7-12-13-8(15)14(7)11/h1-3H,11H2,(H,13,15). The minimum Gasteiger partial charge on any atom is -0.335 e. The van der Waals surface area contributed by atoms with Crippen LogP contribution in [-0.4, -0.2) is 14.9 Å². The van der Waals surface area contributed by atoms with E-state index in [1.165, 1.54) is 18.2 Å². The second-order valence-corrected chi connectivity index (χ2v) is 3.64. The van der Waals surface area contributed by atoms with Gasteiger partial charge in [-0.15, -0.1) is 0 Å². The summed E-state index contributed by atoms with van der Waals surface area (Å²) in [5.41, 5.74) is 0.395. The Morgan fingerprint density at radius 3 is 2.87 bits per heavy atom. The van der Waals surface area contributed by atoms with Gasteiger partial charge in [-0.05, 0) is 30.4 Å². The van der Waals surface area contributed by atoms with Gasteiger partial charge < -0.3 is 5.84 Å². The lowest BCUT2D eigenvalue weighted by molar-refractivity contribution is 0.628. The van der Waals surface area contributed by atoms with Crippen molar-refractivity contribution in [2.75, 3.05) is 5.84 Å². The first-order valence-corrected chi connectivity index (χ1v) is 4.76. The Hall–Kier alpha value is -1.40. The summed E-state index contributed by atoms with van der Waals surface area (Å²) in [5.74, 6) is 5.47. The molecule has 2 aromatic rings. The first kappa shape index (κ1) is 10.1. The number of hydrogen-bond donors (Lipinski definition) is 2. The van der Waals surface area contributed by atoms with E-state index in [2.05, 4.69) is 10.2 Å². The molecule has 4 nitrogen and oxygen atoms in total. The molecule has 15 heavy (non-hydrogen) atoms. The van der Waals surface area contributed by atoms with E-state index in [4.69, 9.17) is 29.7 Å². The molecule has 7 heteroatoms. The molecule has 2 rings (SSSR count). The molecule has 0 aliphatic carbocycles. The van der Waals surface area contributed by atoms with Crippen LogP contribution in [0.15, 0.2) is 18.2 Å². The zero-order valence-electron chi connectivity index (χ0n) is 7.37. The van der Waals surface area contributed by atoms with Crippen LogP contribution >= 0.6 is 23.8 Å². The molecule has 0 fully saturated rings. The van der Waals surface area contributed by atoms with Crippen molar-refractivity contribution < 1.29 is 4.39 Å². The molecule has 0 atom stereocenters. The number of halogens is 2. The van der Waals surface area contributed by atoms with Crippen LogP contribution in [0, 0.1) is 10.6 Å². The Bertz CT molecular complexity index is 562. The summed E-state index contributed by atoms with van der Waals surface area (Å²) in [6.45, 7) is 0. The van der Waals surface area contributed by atoms with Crippen molar-refractivity contribution >= 4 is 23.8 Å². The Morgan fingerprint density at radius 1 is 1.53 bits per heavy atom. The van der Waals surface area contributed by atoms with E-state index in [0.717, 1.165) is 4.68 Å². The number of nitrogens with one attached hydrogen (secondary N) is 1. The molecule has 78 valence electrons. The molecule has 0 spiro atoms. The minimum atomic E-state index is -0.414. The molecule has 0 bridgehead atoms. The van der Waals surface area contributed by atoms with Gasteiger partial charge in [-0.1, -0.05) is 11.6 Å². The highest BCUT2D eigenvalue weighted by molar-refractivity contribution is 7.71. The lowest BCUT2D eigenvalue weighted by Gasteiger charge is -2.02. The molecule has 0 unspecified atom stereocenters. The maximum Gasteiger partial charge on any atom is 0.214 e. The Morgan fingerprint density at radius 2 is 2.27 bits per heavy atom. The minimum absolute atomic E-state index is 0.241. The first-order valence-electron chi connectivity index (χ1n) is 3.97. The summed E-state index contributed by atoms with van der Waals surface area (Å²) in [5, 5.41) is 6.71. The highest BCUT2D eigenvalue weighted by Crippen LogP contribution is 2.26. The van der Waals surface area contributed by atoms with Crippen molar-refractivity contribution in [3.8, 4) is 11.4 Å². The van der Waals surface area contributed by atoms with Gasteiger partial charge in [0.05, 0.1) is 5.02 Å². The molecule has 0 radical (unpaired) electrons. The van der Waals surface area contributed by atoms with Gasteiger partial charge in [0.1, 0.15) is 5.82 Å². The number of H-pyrrole nitrogens is 1. The Balaban J connectivity index is 2.68. The molecule has 0 saturated carbocycles. The number of aromatic amines is 1. The van der Waals surface area contributed by atoms with Gasteiger partial charge in [0, 0.05) is 5.56 Å². The molecular formula is C8H6ClFN4S. The fourth-order valence-corrected chi connectivity index (χ4v) is 1.50. The van der Waals surface area contributed by atoms with Crippen molar-refractivity contribution in [1.29, 1.82) is 0 Å². The van der Waals surface area contributed by atoms with E-state index < -0.39 is 5.82 Å². The van der Waals surface area contributed by atoms with Crippen LogP contribution < -0.4 is 5.84 Å². The van der Waals surface area contributed by atoms with E-state index in [1.807, 2.05) is 0 Å². The quantitative estimate of drug-likeness (QED) is 0.597. The van der Waals surface area contributed by atoms with Crippen LogP contribution in [0.3, 0.4) is 0 Å². The topological polar surface area (TPSA) is 59.6 Å². The number of benzene rings is 1. The van der Waals surface area contributed by atoms with Crippen molar-refractivity contribution in [3.63, 3.8) is 0 Å². The van der Waals surface area contributed by atoms with E-state index in [0.29, 0.717) is 16.4 Å². The predicted octanol–water partition coefficient (Wildman–Crippen LogP) is 2.11. The van der Waals surface area contributed by atoms with E-state index in [1.54, 1.807) is 0 Å². The summed E-state index contributed by atoms with van der Waals surface area (Å²) >= 11 is 10.7. The Labute approximate surface area is 94.5 Å². The summed E-state index contributed by atoms with van der Waals surface area (Å²) in [6, 6.07) is 3.94. The fraction of sp³-hybridized carbons (Fsp3) is 0. The lowest BCUT2D eigenvalue weighted by atomic mass is 10.2. The van der Waals surface area contributed by atoms with Crippen LogP contribution in [0.4, 0.5) is 4.39 Å². The predicted molar refractivity (Wildman–Crippen MR) is 58.0 cm³/mol. The summed E-state index contributed by atoms with van der Waals surface area (Å²) in [4.78, 5) is 0. The maximum absolute atomic E-state index is 13.0. The van der Waals surface area contributed by atoms with Crippen molar-refractivity contribution in [2.24, 2.45) is 0 Å². The zero-order valence-corrected chi connectivity index (χ0v) is 8.94. The van der Waals surface area contributed by atoms with Gasteiger partial charge in [-0.2, -0.15) is 5.10 Å². The summed E-state index contributed by atoms with van der Waals surface area (Å²) in [6.07, 6.45) is 0. The molecule has 0 aliphatic rings. The van der Waals surface area contributed by atoms with Crippen LogP contribution in [0.1, 0.15) is 0 Å². The molecule has 3 N–H and O–H groups in total. The second kappa shape index (κ2) is 3.63. The number of nitrogens with zero attached hydrogens (tertiary/aromatic N) is 2. The van der Waals surface area contributed by atoms with E-state index in [9.17, 15) is 4.39 Å². The maximum atomic E-state index is 13.0. The van der Waals surface area contributed by atoms with Crippen molar-refractivity contribution in [3.05, 3.63) is 33.8 Å². The summed E-state index contributed by atoms with van der Waals surface area (Å²) in [7, 11) is 0. The fourth-order valence-electron chi connectivity index (χ4n) is 1.16. The number of rotatable bonds is 1. The highest BCUT2D eigenvalue weighted by atomic mass is 35.5. The van der Waals surface area contributed by atoms with E-state index in [-0.39, 0.29) is 4.77 Å². The second-order valence-electron chi connectivity index (χ2n) is 2.85. The van der Waals surface area contributed by atoms with Crippen LogP contribution in [0.5, 0.6) is 0 Å². The SMILES string of the molecule is Nn1c(-c2cc(F)ccc2Cl)n[nH]c1=S. The van der Waals surface area contributed by atoms with Crippen LogP contribution in [0.25, 0.3) is 11.4 Å². The molecule has 1 aromatic heterocycles. The zero-order chi connectivity index (χ0) is 11.0. The van der Waals surface area contributed by atoms with Gasteiger partial charge >= 0.3 is 0 Å². The smallest absolute Gasteiger partial charge is 0.214 e. The van der Waals surface area contributed by atoms with Crippen molar-refractivity contribution in [1.82, 2.24) is 14.9 Å². The molecule has 1 aromatic carbocycles.